The number of hydrogen-bond donors (Lipinski definition) is 0. The van der Waals surface area contributed by atoms with E-state index in [-0.39, 0.29) is 18.4 Å². The minimum atomic E-state index is -4.55. The van der Waals surface area contributed by atoms with Gasteiger partial charge >= 0.3 is 6.18 Å². The van der Waals surface area contributed by atoms with Crippen molar-refractivity contribution >= 4 is 17.4 Å². The van der Waals surface area contributed by atoms with E-state index >= 15 is 0 Å². The standard InChI is InChI=1S/C24H22F3N7O/c1-16-8-11-32(19-15-29-18(14-30-19)24(25,26)27)12-13-33(16)23(35)21-20(17-6-3-2-4-7-17)22-28-9-5-10-34(22)31-21/h2-6,9-10,14-15,17H,1,7-8,11-13H2. The number of halogens is 3. The predicted octanol–water partition coefficient (Wildman–Crippen LogP) is 4.00. The van der Waals surface area contributed by atoms with Gasteiger partial charge in [0.2, 0.25) is 0 Å². The number of aromatic nitrogens is 5. The van der Waals surface area contributed by atoms with E-state index in [1.54, 1.807) is 32.8 Å². The summed E-state index contributed by atoms with van der Waals surface area (Å²) in [7, 11) is 0. The molecule has 0 saturated carbocycles. The number of nitrogens with zero attached hydrogens (tertiary/aromatic N) is 7. The van der Waals surface area contributed by atoms with Crippen molar-refractivity contribution in [3.8, 4) is 0 Å². The van der Waals surface area contributed by atoms with Crippen LogP contribution in [0.5, 0.6) is 0 Å². The van der Waals surface area contributed by atoms with Gasteiger partial charge in [-0.15, -0.1) is 0 Å². The van der Waals surface area contributed by atoms with Crippen LogP contribution in [-0.2, 0) is 6.18 Å². The molecule has 2 aliphatic rings. The molecule has 3 aromatic rings. The van der Waals surface area contributed by atoms with E-state index in [2.05, 4.69) is 26.6 Å². The lowest BCUT2D eigenvalue weighted by Gasteiger charge is -2.23. The Morgan fingerprint density at radius 1 is 1.09 bits per heavy atom. The number of hydrogen-bond acceptors (Lipinski definition) is 6. The number of alkyl halides is 3. The molecule has 1 atom stereocenters. The van der Waals surface area contributed by atoms with E-state index in [0.29, 0.717) is 42.4 Å². The van der Waals surface area contributed by atoms with Crippen LogP contribution in [0.3, 0.4) is 0 Å². The molecule has 1 saturated heterocycles. The van der Waals surface area contributed by atoms with Gasteiger partial charge in [0.05, 0.1) is 12.4 Å². The number of anilines is 1. The molecule has 8 nitrogen and oxygen atoms in total. The van der Waals surface area contributed by atoms with Crippen molar-refractivity contribution < 1.29 is 18.0 Å². The Labute approximate surface area is 199 Å². The summed E-state index contributed by atoms with van der Waals surface area (Å²) in [6.45, 7) is 5.17. The first-order valence-corrected chi connectivity index (χ1v) is 11.1. The molecule has 1 aliphatic heterocycles. The summed E-state index contributed by atoms with van der Waals surface area (Å²) in [5, 5.41) is 4.56. The van der Waals surface area contributed by atoms with Gasteiger partial charge in [0.15, 0.2) is 17.0 Å². The highest BCUT2D eigenvalue weighted by Crippen LogP contribution is 2.32. The van der Waals surface area contributed by atoms with E-state index in [0.717, 1.165) is 24.4 Å². The molecule has 1 aliphatic carbocycles. The monoisotopic (exact) mass is 481 g/mol. The van der Waals surface area contributed by atoms with Gasteiger partial charge in [-0.1, -0.05) is 30.9 Å². The van der Waals surface area contributed by atoms with Crippen molar-refractivity contribution in [2.75, 3.05) is 24.5 Å². The van der Waals surface area contributed by atoms with Gasteiger partial charge in [0.25, 0.3) is 5.91 Å². The lowest BCUT2D eigenvalue weighted by atomic mass is 9.92. The second-order valence-corrected chi connectivity index (χ2v) is 8.32. The summed E-state index contributed by atoms with van der Waals surface area (Å²) in [6, 6.07) is 1.75. The molecular weight excluding hydrogens is 459 g/mol. The molecular formula is C24H22F3N7O. The average Bonchev–Trinajstić information content (AvgIpc) is 3.14. The average molecular weight is 481 g/mol. The van der Waals surface area contributed by atoms with Gasteiger partial charge in [0.1, 0.15) is 5.82 Å². The van der Waals surface area contributed by atoms with Crippen LogP contribution < -0.4 is 4.90 Å². The maximum absolute atomic E-state index is 13.7. The van der Waals surface area contributed by atoms with Crippen molar-refractivity contribution in [3.63, 3.8) is 0 Å². The third-order valence-corrected chi connectivity index (χ3v) is 6.13. The van der Waals surface area contributed by atoms with E-state index < -0.39 is 11.9 Å². The van der Waals surface area contributed by atoms with Crippen molar-refractivity contribution in [3.05, 3.63) is 84.4 Å². The summed E-state index contributed by atoms with van der Waals surface area (Å²) in [6.07, 6.45) is 9.86. The molecule has 0 spiro atoms. The highest BCUT2D eigenvalue weighted by Gasteiger charge is 2.34. The van der Waals surface area contributed by atoms with Crippen LogP contribution in [0, 0.1) is 0 Å². The Morgan fingerprint density at radius 2 is 1.94 bits per heavy atom. The normalized spacial score (nSPS) is 18.8. The number of rotatable bonds is 3. The van der Waals surface area contributed by atoms with E-state index in [4.69, 9.17) is 0 Å². The molecule has 0 bridgehead atoms. The maximum atomic E-state index is 13.7. The van der Waals surface area contributed by atoms with E-state index in [1.807, 2.05) is 24.3 Å². The zero-order valence-electron chi connectivity index (χ0n) is 18.7. The lowest BCUT2D eigenvalue weighted by Crippen LogP contribution is -2.35. The Bertz CT molecular complexity index is 1330. The third kappa shape index (κ3) is 4.41. The zero-order valence-corrected chi connectivity index (χ0v) is 18.7. The molecule has 35 heavy (non-hydrogen) atoms. The molecule has 1 fully saturated rings. The van der Waals surface area contributed by atoms with Gasteiger partial charge < -0.3 is 9.80 Å². The first-order valence-electron chi connectivity index (χ1n) is 11.1. The van der Waals surface area contributed by atoms with Crippen LogP contribution in [-0.4, -0.2) is 55.0 Å². The van der Waals surface area contributed by atoms with Crippen LogP contribution in [0.1, 0.15) is 40.5 Å². The number of fused-ring (bicyclic) bond motifs is 1. The molecule has 0 radical (unpaired) electrons. The molecule has 5 rings (SSSR count). The summed E-state index contributed by atoms with van der Waals surface area (Å²) < 4.78 is 40.1. The highest BCUT2D eigenvalue weighted by molar-refractivity contribution is 5.97. The van der Waals surface area contributed by atoms with Crippen molar-refractivity contribution in [1.82, 2.24) is 29.5 Å². The quantitative estimate of drug-likeness (QED) is 0.563. The largest absolute Gasteiger partial charge is 0.434 e. The zero-order chi connectivity index (χ0) is 24.6. The molecule has 1 amide bonds. The van der Waals surface area contributed by atoms with Crippen LogP contribution in [0.15, 0.2) is 67.4 Å². The van der Waals surface area contributed by atoms with E-state index in [9.17, 15) is 18.0 Å². The Kier molecular flexibility index (Phi) is 5.83. The second-order valence-electron chi connectivity index (χ2n) is 8.32. The van der Waals surface area contributed by atoms with Crippen LogP contribution >= 0.6 is 0 Å². The van der Waals surface area contributed by atoms with Crippen molar-refractivity contribution in [2.24, 2.45) is 0 Å². The fourth-order valence-corrected chi connectivity index (χ4v) is 4.32. The van der Waals surface area contributed by atoms with Gasteiger partial charge in [0, 0.05) is 55.6 Å². The topological polar surface area (TPSA) is 79.5 Å². The molecule has 0 aromatic carbocycles. The number of amides is 1. The first kappa shape index (κ1) is 22.8. The highest BCUT2D eigenvalue weighted by atomic mass is 19.4. The van der Waals surface area contributed by atoms with Gasteiger partial charge in [-0.05, 0) is 12.5 Å². The van der Waals surface area contributed by atoms with Crippen molar-refractivity contribution in [2.45, 2.75) is 24.9 Å². The molecule has 4 heterocycles. The first-order chi connectivity index (χ1) is 16.8. The Balaban J connectivity index is 1.41. The Morgan fingerprint density at radius 3 is 2.66 bits per heavy atom. The smallest absolute Gasteiger partial charge is 0.353 e. The number of allylic oxidation sites excluding steroid dienone is 4. The fourth-order valence-electron chi connectivity index (χ4n) is 4.32. The molecule has 1 unspecified atom stereocenters. The lowest BCUT2D eigenvalue weighted by molar-refractivity contribution is -0.141. The summed E-state index contributed by atoms with van der Waals surface area (Å²) >= 11 is 0. The van der Waals surface area contributed by atoms with Crippen LogP contribution in [0.2, 0.25) is 0 Å². The minimum absolute atomic E-state index is 0.0366. The predicted molar refractivity (Wildman–Crippen MR) is 123 cm³/mol. The SMILES string of the molecule is C=C1CCN(c2cnc(C(F)(F)F)cn2)CCN1C(=O)c1nn2cccnc2c1C1C=CC=CC1. The summed E-state index contributed by atoms with van der Waals surface area (Å²) in [4.78, 5) is 29.0. The number of carbonyl (C=O) groups excluding carboxylic acids is 1. The molecule has 11 heteroatoms. The van der Waals surface area contributed by atoms with Crippen molar-refractivity contribution in [1.29, 1.82) is 0 Å². The second kappa shape index (κ2) is 8.97. The van der Waals surface area contributed by atoms with E-state index in [1.165, 1.54) is 0 Å². The minimum Gasteiger partial charge on any atom is -0.353 e. The summed E-state index contributed by atoms with van der Waals surface area (Å²) in [5.74, 6) is 0.00108. The Hall–Kier alpha value is -4.02. The third-order valence-electron chi connectivity index (χ3n) is 6.13. The van der Waals surface area contributed by atoms with Crippen LogP contribution in [0.25, 0.3) is 5.65 Å². The number of carbonyl (C=O) groups is 1. The molecule has 0 N–H and O–H groups in total. The molecule has 3 aromatic heterocycles. The maximum Gasteiger partial charge on any atom is 0.434 e. The summed E-state index contributed by atoms with van der Waals surface area (Å²) in [5.41, 5.74) is 1.27. The molecule has 180 valence electrons. The van der Waals surface area contributed by atoms with Gasteiger partial charge in [-0.2, -0.15) is 18.3 Å². The van der Waals surface area contributed by atoms with Crippen LogP contribution in [0.4, 0.5) is 19.0 Å². The fraction of sp³-hybridized carbons (Fsp3) is 0.292. The van der Waals surface area contributed by atoms with Gasteiger partial charge in [-0.25, -0.2) is 19.5 Å². The van der Waals surface area contributed by atoms with Gasteiger partial charge in [-0.3, -0.25) is 4.79 Å².